The fraction of sp³-hybridized carbons (Fsp3) is 0.667. The zero-order chi connectivity index (χ0) is 16.9. The van der Waals surface area contributed by atoms with Gasteiger partial charge in [0.2, 0.25) is 0 Å². The molecule has 0 unspecified atom stereocenters. The number of piperidine rings is 2. The fourth-order valence-electron chi connectivity index (χ4n) is 5.58. The van der Waals surface area contributed by atoms with Crippen molar-refractivity contribution in [1.29, 1.82) is 0 Å². The minimum atomic E-state index is 0.706. The molecule has 4 heteroatoms. The maximum absolute atomic E-state index is 4.38. The van der Waals surface area contributed by atoms with Gasteiger partial charge < -0.3 is 10.2 Å². The van der Waals surface area contributed by atoms with E-state index in [0.29, 0.717) is 5.41 Å². The third kappa shape index (κ3) is 2.80. The summed E-state index contributed by atoms with van der Waals surface area (Å²) < 4.78 is 2.00. The molecule has 2 aliphatic heterocycles. The summed E-state index contributed by atoms with van der Waals surface area (Å²) in [6.07, 6.45) is 10.3. The molecule has 25 heavy (non-hydrogen) atoms. The molecule has 2 aromatic rings. The van der Waals surface area contributed by atoms with Gasteiger partial charge in [0.25, 0.3) is 0 Å². The van der Waals surface area contributed by atoms with Gasteiger partial charge in [-0.3, -0.25) is 4.68 Å². The topological polar surface area (TPSA) is 33.1 Å². The first-order valence-electron chi connectivity index (χ1n) is 10.1. The van der Waals surface area contributed by atoms with Gasteiger partial charge in [0.05, 0.1) is 11.7 Å². The van der Waals surface area contributed by atoms with Gasteiger partial charge >= 0.3 is 0 Å². The molecule has 134 valence electrons. The van der Waals surface area contributed by atoms with E-state index in [1.54, 1.807) is 0 Å². The van der Waals surface area contributed by atoms with Crippen LogP contribution in [0.5, 0.6) is 0 Å². The zero-order valence-electron chi connectivity index (χ0n) is 15.4. The lowest BCUT2D eigenvalue weighted by Crippen LogP contribution is -2.55. The summed E-state index contributed by atoms with van der Waals surface area (Å²) in [5, 5.41) is 9.16. The van der Waals surface area contributed by atoms with Gasteiger partial charge in [-0.2, -0.15) is 5.10 Å². The molecule has 5 rings (SSSR count). The molecule has 0 radical (unpaired) electrons. The number of hydrogen-bond acceptors (Lipinski definition) is 3. The Morgan fingerprint density at radius 3 is 2.64 bits per heavy atom. The van der Waals surface area contributed by atoms with E-state index in [4.69, 9.17) is 0 Å². The van der Waals surface area contributed by atoms with Gasteiger partial charge in [0.1, 0.15) is 0 Å². The van der Waals surface area contributed by atoms with Gasteiger partial charge in [-0.25, -0.2) is 0 Å². The van der Waals surface area contributed by atoms with E-state index in [1.807, 2.05) is 17.9 Å². The predicted molar refractivity (Wildman–Crippen MR) is 102 cm³/mol. The highest BCUT2D eigenvalue weighted by Crippen LogP contribution is 2.50. The third-order valence-corrected chi connectivity index (χ3v) is 7.29. The molecule has 0 bridgehead atoms. The Morgan fingerprint density at radius 1 is 1.12 bits per heavy atom. The molecule has 1 aromatic carbocycles. The smallest absolute Gasteiger partial charge is 0.0681 e. The van der Waals surface area contributed by atoms with Crippen molar-refractivity contribution in [2.24, 2.45) is 12.5 Å². The van der Waals surface area contributed by atoms with Crippen molar-refractivity contribution < 1.29 is 0 Å². The van der Waals surface area contributed by atoms with E-state index in [0.717, 1.165) is 12.0 Å². The quantitative estimate of drug-likeness (QED) is 0.912. The SMILES string of the molecule is Cn1ncc2ccc(C3CCN(C4CC5(CCNCC5)C4)CC3)cc21. The van der Waals surface area contributed by atoms with Crippen LogP contribution in [0.15, 0.2) is 24.4 Å². The number of fused-ring (bicyclic) bond motifs is 1. The number of rotatable bonds is 2. The maximum atomic E-state index is 4.38. The van der Waals surface area contributed by atoms with Crippen molar-refractivity contribution >= 4 is 10.9 Å². The Hall–Kier alpha value is -1.39. The van der Waals surface area contributed by atoms with Crippen LogP contribution in [-0.4, -0.2) is 46.9 Å². The summed E-state index contributed by atoms with van der Waals surface area (Å²) in [5.74, 6) is 0.725. The molecule has 1 saturated carbocycles. The summed E-state index contributed by atoms with van der Waals surface area (Å²) >= 11 is 0. The molecular weight excluding hydrogens is 308 g/mol. The van der Waals surface area contributed by atoms with E-state index in [2.05, 4.69) is 33.5 Å². The number of likely N-dealkylation sites (tertiary alicyclic amines) is 1. The zero-order valence-corrected chi connectivity index (χ0v) is 15.4. The molecule has 0 amide bonds. The minimum absolute atomic E-state index is 0.706. The van der Waals surface area contributed by atoms with Crippen LogP contribution < -0.4 is 5.32 Å². The fourth-order valence-corrected chi connectivity index (χ4v) is 5.58. The number of benzene rings is 1. The molecule has 1 N–H and O–H groups in total. The first-order valence-corrected chi connectivity index (χ1v) is 10.1. The normalized spacial score (nSPS) is 25.5. The van der Waals surface area contributed by atoms with Gasteiger partial charge in [-0.1, -0.05) is 12.1 Å². The number of hydrogen-bond donors (Lipinski definition) is 1. The number of aryl methyl sites for hydroxylation is 1. The van der Waals surface area contributed by atoms with Crippen LogP contribution in [0.1, 0.15) is 50.0 Å². The highest BCUT2D eigenvalue weighted by Gasteiger charge is 2.46. The maximum Gasteiger partial charge on any atom is 0.0681 e. The van der Waals surface area contributed by atoms with Crippen molar-refractivity contribution in [2.75, 3.05) is 26.2 Å². The summed E-state index contributed by atoms with van der Waals surface area (Å²) in [6.45, 7) is 5.05. The molecule has 3 heterocycles. The van der Waals surface area contributed by atoms with Crippen molar-refractivity contribution in [3.8, 4) is 0 Å². The Labute approximate surface area is 150 Å². The number of nitrogens with zero attached hydrogens (tertiary/aromatic N) is 3. The van der Waals surface area contributed by atoms with E-state index < -0.39 is 0 Å². The standard InChI is InChI=1S/C21H30N4/c1-24-20-12-17(2-3-18(20)15-23-24)16-4-10-25(11-5-16)19-13-21(14-19)6-8-22-9-7-21/h2-3,12,15-16,19,22H,4-11,13-14H2,1H3. The Morgan fingerprint density at radius 2 is 1.88 bits per heavy atom. The van der Waals surface area contributed by atoms with Crippen molar-refractivity contribution in [3.63, 3.8) is 0 Å². The minimum Gasteiger partial charge on any atom is -0.317 e. The van der Waals surface area contributed by atoms with E-state index >= 15 is 0 Å². The summed E-state index contributed by atoms with van der Waals surface area (Å²) in [7, 11) is 2.04. The third-order valence-electron chi connectivity index (χ3n) is 7.29. The number of aromatic nitrogens is 2. The highest BCUT2D eigenvalue weighted by molar-refractivity contribution is 5.79. The first kappa shape index (κ1) is 15.8. The van der Waals surface area contributed by atoms with E-state index in [1.165, 1.54) is 81.2 Å². The highest BCUT2D eigenvalue weighted by atomic mass is 15.2. The van der Waals surface area contributed by atoms with Crippen LogP contribution in [0.25, 0.3) is 10.9 Å². The molecule has 1 spiro atoms. The second kappa shape index (κ2) is 6.10. The van der Waals surface area contributed by atoms with Crippen LogP contribution in [0.2, 0.25) is 0 Å². The predicted octanol–water partition coefficient (Wildman–Crippen LogP) is 3.28. The second-order valence-corrected chi connectivity index (χ2v) is 8.71. The van der Waals surface area contributed by atoms with Crippen LogP contribution in [0.3, 0.4) is 0 Å². The van der Waals surface area contributed by atoms with Crippen molar-refractivity contribution in [3.05, 3.63) is 30.0 Å². The van der Waals surface area contributed by atoms with Crippen LogP contribution in [0.4, 0.5) is 0 Å². The van der Waals surface area contributed by atoms with Crippen LogP contribution in [-0.2, 0) is 7.05 Å². The summed E-state index contributed by atoms with van der Waals surface area (Å²) in [5.41, 5.74) is 3.49. The number of nitrogens with one attached hydrogen (secondary N) is 1. The average Bonchev–Trinajstić information content (AvgIpc) is 3.01. The lowest BCUT2D eigenvalue weighted by molar-refractivity contribution is -0.0292. The van der Waals surface area contributed by atoms with E-state index in [-0.39, 0.29) is 0 Å². The van der Waals surface area contributed by atoms with E-state index in [9.17, 15) is 0 Å². The van der Waals surface area contributed by atoms with Crippen LogP contribution >= 0.6 is 0 Å². The molecule has 1 aromatic heterocycles. The second-order valence-electron chi connectivity index (χ2n) is 8.71. The van der Waals surface area contributed by atoms with Crippen molar-refractivity contribution in [2.45, 2.75) is 50.5 Å². The van der Waals surface area contributed by atoms with Gasteiger partial charge in [0.15, 0.2) is 0 Å². The summed E-state index contributed by atoms with van der Waals surface area (Å²) in [4.78, 5) is 2.80. The Balaban J connectivity index is 1.20. The molecular formula is C21H30N4. The van der Waals surface area contributed by atoms with Gasteiger partial charge in [-0.05, 0) is 87.7 Å². The Bertz CT molecular complexity index is 742. The molecule has 2 saturated heterocycles. The molecule has 0 atom stereocenters. The lowest BCUT2D eigenvalue weighted by Gasteiger charge is -2.55. The van der Waals surface area contributed by atoms with Gasteiger partial charge in [-0.15, -0.1) is 0 Å². The molecule has 3 aliphatic rings. The Kier molecular flexibility index (Phi) is 3.86. The van der Waals surface area contributed by atoms with Crippen LogP contribution in [0, 0.1) is 5.41 Å². The monoisotopic (exact) mass is 338 g/mol. The lowest BCUT2D eigenvalue weighted by atomic mass is 9.60. The van der Waals surface area contributed by atoms with Gasteiger partial charge in [0, 0.05) is 18.5 Å². The largest absolute Gasteiger partial charge is 0.317 e. The molecule has 1 aliphatic carbocycles. The average molecular weight is 338 g/mol. The molecule has 3 fully saturated rings. The molecule has 4 nitrogen and oxygen atoms in total. The summed E-state index contributed by atoms with van der Waals surface area (Å²) in [6, 6.07) is 7.82. The first-order chi connectivity index (χ1) is 12.2. The van der Waals surface area contributed by atoms with Crippen molar-refractivity contribution in [1.82, 2.24) is 20.0 Å².